The molecule has 2 aromatic rings. The number of fused-ring (bicyclic) bond motifs is 1. The number of aromatic nitrogens is 2. The predicted octanol–water partition coefficient (Wildman–Crippen LogP) is 2.59. The molecular formula is C13H12Br2N4O. The van der Waals surface area contributed by atoms with Gasteiger partial charge < -0.3 is 10.3 Å². The van der Waals surface area contributed by atoms with Gasteiger partial charge in [-0.1, -0.05) is 15.9 Å². The molecule has 104 valence electrons. The van der Waals surface area contributed by atoms with Crippen LogP contribution >= 0.6 is 31.9 Å². The second kappa shape index (κ2) is 5.67. The zero-order chi connectivity index (χ0) is 14.1. The van der Waals surface area contributed by atoms with Crippen molar-refractivity contribution in [3.05, 3.63) is 44.9 Å². The van der Waals surface area contributed by atoms with E-state index in [4.69, 9.17) is 0 Å². The van der Waals surface area contributed by atoms with E-state index in [0.29, 0.717) is 13.0 Å². The summed E-state index contributed by atoms with van der Waals surface area (Å²) in [6.45, 7) is 0.634. The van der Waals surface area contributed by atoms with Crippen LogP contribution in [0, 0.1) is 0 Å². The van der Waals surface area contributed by atoms with Crippen LogP contribution in [0.4, 0.5) is 5.69 Å². The molecule has 0 saturated carbocycles. The Hall–Kier alpha value is -1.18. The SMILES string of the molecule is O=C(Nc1ccc(Br)cc1Br)C1Cc2nc[nH]c2CN1. The van der Waals surface area contributed by atoms with Crippen LogP contribution in [0.3, 0.4) is 0 Å². The Bertz CT molecular complexity index is 656. The average Bonchev–Trinajstić information content (AvgIpc) is 2.89. The minimum atomic E-state index is -0.263. The van der Waals surface area contributed by atoms with Gasteiger partial charge in [0, 0.05) is 21.9 Å². The van der Waals surface area contributed by atoms with E-state index in [0.717, 1.165) is 26.0 Å². The highest BCUT2D eigenvalue weighted by atomic mass is 79.9. The van der Waals surface area contributed by atoms with E-state index in [2.05, 4.69) is 52.5 Å². The summed E-state index contributed by atoms with van der Waals surface area (Å²) in [5, 5.41) is 6.13. The molecule has 0 aliphatic carbocycles. The smallest absolute Gasteiger partial charge is 0.241 e. The van der Waals surface area contributed by atoms with E-state index in [-0.39, 0.29) is 11.9 Å². The van der Waals surface area contributed by atoms with Crippen LogP contribution in [0.1, 0.15) is 11.4 Å². The molecule has 1 aliphatic rings. The van der Waals surface area contributed by atoms with Gasteiger partial charge in [0.05, 0.1) is 29.4 Å². The molecule has 3 N–H and O–H groups in total. The molecule has 0 bridgehead atoms. The van der Waals surface area contributed by atoms with Crippen molar-refractivity contribution in [1.29, 1.82) is 0 Å². The Balaban J connectivity index is 1.71. The molecule has 1 aliphatic heterocycles. The first-order valence-corrected chi connectivity index (χ1v) is 7.72. The Kier molecular flexibility index (Phi) is 3.91. The summed E-state index contributed by atoms with van der Waals surface area (Å²) >= 11 is 6.82. The van der Waals surface area contributed by atoms with Gasteiger partial charge in [-0.05, 0) is 34.1 Å². The molecule has 7 heteroatoms. The fourth-order valence-electron chi connectivity index (χ4n) is 2.17. The first-order valence-electron chi connectivity index (χ1n) is 6.14. The summed E-state index contributed by atoms with van der Waals surface area (Å²) in [5.74, 6) is -0.0540. The number of imidazole rings is 1. The van der Waals surface area contributed by atoms with Gasteiger partial charge in [-0.3, -0.25) is 10.1 Å². The number of benzene rings is 1. The summed E-state index contributed by atoms with van der Waals surface area (Å²) in [6.07, 6.45) is 2.26. The molecule has 3 rings (SSSR count). The molecular weight excluding hydrogens is 388 g/mol. The number of nitrogens with zero attached hydrogens (tertiary/aromatic N) is 1. The van der Waals surface area contributed by atoms with Gasteiger partial charge in [0.2, 0.25) is 5.91 Å². The number of rotatable bonds is 2. The third kappa shape index (κ3) is 2.79. The number of aromatic amines is 1. The third-order valence-electron chi connectivity index (χ3n) is 3.24. The molecule has 0 fully saturated rings. The lowest BCUT2D eigenvalue weighted by atomic mass is 10.0. The summed E-state index contributed by atoms with van der Waals surface area (Å²) in [6, 6.07) is 5.38. The van der Waals surface area contributed by atoms with Gasteiger partial charge in [-0.2, -0.15) is 0 Å². The van der Waals surface area contributed by atoms with Crippen molar-refractivity contribution in [2.45, 2.75) is 19.0 Å². The van der Waals surface area contributed by atoms with Gasteiger partial charge in [0.1, 0.15) is 0 Å². The van der Waals surface area contributed by atoms with Crippen LogP contribution in [-0.4, -0.2) is 21.9 Å². The highest BCUT2D eigenvalue weighted by Gasteiger charge is 2.26. The summed E-state index contributed by atoms with van der Waals surface area (Å²) in [7, 11) is 0. The maximum absolute atomic E-state index is 12.3. The fourth-order valence-corrected chi connectivity index (χ4v) is 3.31. The third-order valence-corrected chi connectivity index (χ3v) is 4.39. The van der Waals surface area contributed by atoms with Crippen LogP contribution in [-0.2, 0) is 17.8 Å². The van der Waals surface area contributed by atoms with Crippen molar-refractivity contribution in [3.63, 3.8) is 0 Å². The van der Waals surface area contributed by atoms with Crippen molar-refractivity contribution < 1.29 is 4.79 Å². The van der Waals surface area contributed by atoms with E-state index in [9.17, 15) is 4.79 Å². The Morgan fingerprint density at radius 3 is 3.05 bits per heavy atom. The van der Waals surface area contributed by atoms with Gasteiger partial charge in [-0.15, -0.1) is 0 Å². The molecule has 2 heterocycles. The normalized spacial score (nSPS) is 17.6. The second-order valence-electron chi connectivity index (χ2n) is 4.58. The molecule has 1 amide bonds. The van der Waals surface area contributed by atoms with Gasteiger partial charge in [0.15, 0.2) is 0 Å². The minimum absolute atomic E-state index is 0.0540. The number of amides is 1. The molecule has 0 spiro atoms. The molecule has 20 heavy (non-hydrogen) atoms. The first-order chi connectivity index (χ1) is 9.63. The van der Waals surface area contributed by atoms with Crippen molar-refractivity contribution >= 4 is 43.5 Å². The predicted molar refractivity (Wildman–Crippen MR) is 83.4 cm³/mol. The van der Waals surface area contributed by atoms with Crippen LogP contribution in [0.25, 0.3) is 0 Å². The highest BCUT2D eigenvalue weighted by Crippen LogP contribution is 2.26. The lowest BCUT2D eigenvalue weighted by molar-refractivity contribution is -0.118. The van der Waals surface area contributed by atoms with E-state index < -0.39 is 0 Å². The number of carbonyl (C=O) groups is 1. The zero-order valence-electron chi connectivity index (χ0n) is 10.4. The van der Waals surface area contributed by atoms with E-state index in [1.54, 1.807) is 6.33 Å². The number of H-pyrrole nitrogens is 1. The quantitative estimate of drug-likeness (QED) is 0.726. The van der Waals surface area contributed by atoms with Crippen LogP contribution < -0.4 is 10.6 Å². The number of anilines is 1. The van der Waals surface area contributed by atoms with Crippen molar-refractivity contribution in [3.8, 4) is 0 Å². The molecule has 1 aromatic carbocycles. The number of hydrogen-bond acceptors (Lipinski definition) is 3. The number of hydrogen-bond donors (Lipinski definition) is 3. The first kappa shape index (κ1) is 13.8. The molecule has 1 aromatic heterocycles. The average molecular weight is 400 g/mol. The van der Waals surface area contributed by atoms with Crippen molar-refractivity contribution in [1.82, 2.24) is 15.3 Å². The largest absolute Gasteiger partial charge is 0.347 e. The number of carbonyl (C=O) groups excluding carboxylic acids is 1. The van der Waals surface area contributed by atoms with E-state index >= 15 is 0 Å². The highest BCUT2D eigenvalue weighted by molar-refractivity contribution is 9.11. The second-order valence-corrected chi connectivity index (χ2v) is 6.35. The minimum Gasteiger partial charge on any atom is -0.347 e. The van der Waals surface area contributed by atoms with Gasteiger partial charge in [-0.25, -0.2) is 4.98 Å². The maximum Gasteiger partial charge on any atom is 0.241 e. The Morgan fingerprint density at radius 1 is 1.40 bits per heavy atom. The standard InChI is InChI=1S/C13H12Br2N4O/c14-7-1-2-9(8(15)3-7)19-13(20)11-4-10-12(5-16-11)18-6-17-10/h1-3,6,11,16H,4-5H2,(H,17,18)(H,19,20). The van der Waals surface area contributed by atoms with Crippen LogP contribution in [0.15, 0.2) is 33.5 Å². The van der Waals surface area contributed by atoms with Crippen molar-refractivity contribution in [2.75, 3.05) is 5.32 Å². The molecule has 0 radical (unpaired) electrons. The van der Waals surface area contributed by atoms with Gasteiger partial charge in [0.25, 0.3) is 0 Å². The molecule has 1 atom stereocenters. The van der Waals surface area contributed by atoms with E-state index in [1.807, 2.05) is 18.2 Å². The van der Waals surface area contributed by atoms with Gasteiger partial charge >= 0.3 is 0 Å². The summed E-state index contributed by atoms with van der Waals surface area (Å²) in [5.41, 5.74) is 2.77. The topological polar surface area (TPSA) is 69.8 Å². The van der Waals surface area contributed by atoms with Crippen LogP contribution in [0.2, 0.25) is 0 Å². The molecule has 1 unspecified atom stereocenters. The summed E-state index contributed by atoms with van der Waals surface area (Å²) < 4.78 is 1.80. The van der Waals surface area contributed by atoms with Crippen LogP contribution in [0.5, 0.6) is 0 Å². The lowest BCUT2D eigenvalue weighted by Crippen LogP contribution is -2.44. The fraction of sp³-hybridized carbons (Fsp3) is 0.231. The summed E-state index contributed by atoms with van der Waals surface area (Å²) in [4.78, 5) is 19.6. The molecule has 0 saturated heterocycles. The Labute approximate surface area is 132 Å². The Morgan fingerprint density at radius 2 is 2.25 bits per heavy atom. The monoisotopic (exact) mass is 398 g/mol. The van der Waals surface area contributed by atoms with E-state index in [1.165, 1.54) is 0 Å². The number of nitrogens with one attached hydrogen (secondary N) is 3. The lowest BCUT2D eigenvalue weighted by Gasteiger charge is -2.22. The number of halogens is 2. The molecule has 5 nitrogen and oxygen atoms in total. The zero-order valence-corrected chi connectivity index (χ0v) is 13.6. The maximum atomic E-state index is 12.3. The van der Waals surface area contributed by atoms with Crippen molar-refractivity contribution in [2.24, 2.45) is 0 Å².